The molecule has 0 fully saturated rings. The van der Waals surface area contributed by atoms with Gasteiger partial charge in [0.15, 0.2) is 0 Å². The second-order valence-electron chi connectivity index (χ2n) is 3.54. The number of rotatable bonds is 6. The number of halogens is 1. The zero-order chi connectivity index (χ0) is 12.7. The van der Waals surface area contributed by atoms with E-state index in [4.69, 9.17) is 16.3 Å². The third kappa shape index (κ3) is 5.01. The molecule has 1 rings (SSSR count). The summed E-state index contributed by atoms with van der Waals surface area (Å²) in [5.74, 6) is -0.234. The second-order valence-corrected chi connectivity index (χ2v) is 4.16. The maximum absolute atomic E-state index is 11.6. The number of ether oxygens (including phenoxy) is 1. The number of aromatic amines is 1. The van der Waals surface area contributed by atoms with Crippen LogP contribution in [0.4, 0.5) is 0 Å². The van der Waals surface area contributed by atoms with Crippen LogP contribution in [0.15, 0.2) is 23.1 Å². The zero-order valence-electron chi connectivity index (χ0n) is 9.53. The molecule has 0 radical (unpaired) electrons. The van der Waals surface area contributed by atoms with Gasteiger partial charge in [0.2, 0.25) is 5.56 Å². The van der Waals surface area contributed by atoms with E-state index >= 15 is 0 Å². The first-order valence-electron chi connectivity index (χ1n) is 5.23. The van der Waals surface area contributed by atoms with Crippen molar-refractivity contribution >= 4 is 17.5 Å². The minimum Gasteiger partial charge on any atom is -0.383 e. The number of H-pyrrole nitrogens is 1. The van der Waals surface area contributed by atoms with Crippen LogP contribution in [0.1, 0.15) is 16.8 Å². The van der Waals surface area contributed by atoms with Gasteiger partial charge in [-0.25, -0.2) is 0 Å². The number of aromatic nitrogens is 1. The van der Waals surface area contributed by atoms with Gasteiger partial charge in [0.05, 0.1) is 17.5 Å². The summed E-state index contributed by atoms with van der Waals surface area (Å²) in [6.45, 7) is 0.922. The maximum atomic E-state index is 11.6. The van der Waals surface area contributed by atoms with Gasteiger partial charge in [0.1, 0.15) is 0 Å². The minimum atomic E-state index is -0.234. The van der Waals surface area contributed by atoms with E-state index in [9.17, 15) is 9.59 Å². The van der Waals surface area contributed by atoms with Crippen LogP contribution in [0, 0.1) is 0 Å². The lowest BCUT2D eigenvalue weighted by atomic mass is 10.2. The second kappa shape index (κ2) is 7.09. The van der Waals surface area contributed by atoms with Gasteiger partial charge < -0.3 is 15.0 Å². The summed E-state index contributed by atoms with van der Waals surface area (Å²) in [6, 6.07) is 2.78. The summed E-state index contributed by atoms with van der Waals surface area (Å²) >= 11 is 5.91. The first-order chi connectivity index (χ1) is 8.13. The molecule has 1 aromatic heterocycles. The highest BCUT2D eigenvalue weighted by Crippen LogP contribution is 2.01. The van der Waals surface area contributed by atoms with Gasteiger partial charge in [-0.3, -0.25) is 9.59 Å². The number of pyridine rings is 1. The van der Waals surface area contributed by atoms with Crippen LogP contribution >= 0.6 is 11.6 Å². The predicted octanol–water partition coefficient (Wildman–Crippen LogP) is 0.749. The Bertz CT molecular complexity index is 399. The molecule has 17 heavy (non-hydrogen) atoms. The minimum absolute atomic E-state index is 0.115. The van der Waals surface area contributed by atoms with E-state index in [-0.39, 0.29) is 16.8 Å². The van der Waals surface area contributed by atoms with E-state index in [0.29, 0.717) is 25.1 Å². The van der Waals surface area contributed by atoms with E-state index in [1.165, 1.54) is 18.3 Å². The van der Waals surface area contributed by atoms with Crippen LogP contribution in [-0.4, -0.2) is 36.5 Å². The number of carbonyl (C=O) groups excluding carboxylic acids is 1. The van der Waals surface area contributed by atoms with Gasteiger partial charge in [0.25, 0.3) is 5.91 Å². The Balaban J connectivity index is 2.35. The molecule has 1 aromatic rings. The fourth-order valence-electron chi connectivity index (χ4n) is 1.26. The molecule has 0 saturated carbocycles. The molecule has 1 heterocycles. The van der Waals surface area contributed by atoms with Gasteiger partial charge in [-0.05, 0) is 12.5 Å². The van der Waals surface area contributed by atoms with E-state index in [1.807, 2.05) is 0 Å². The molecular weight excluding hydrogens is 244 g/mol. The summed E-state index contributed by atoms with van der Waals surface area (Å²) in [6.07, 6.45) is 2.01. The number of methoxy groups -OCH3 is 1. The number of alkyl halides is 1. The number of carbonyl (C=O) groups is 1. The molecule has 0 aliphatic heterocycles. The van der Waals surface area contributed by atoms with Gasteiger partial charge in [-0.1, -0.05) is 0 Å². The van der Waals surface area contributed by atoms with Crippen LogP contribution in [0.5, 0.6) is 0 Å². The van der Waals surface area contributed by atoms with Crippen molar-refractivity contribution in [1.82, 2.24) is 10.3 Å². The van der Waals surface area contributed by atoms with Crippen molar-refractivity contribution in [3.05, 3.63) is 34.2 Å². The van der Waals surface area contributed by atoms with E-state index in [0.717, 1.165) is 0 Å². The van der Waals surface area contributed by atoms with E-state index in [1.54, 1.807) is 7.11 Å². The average molecular weight is 259 g/mol. The Morgan fingerprint density at radius 3 is 2.94 bits per heavy atom. The topological polar surface area (TPSA) is 71.2 Å². The first kappa shape index (κ1) is 13.7. The fourth-order valence-corrected chi connectivity index (χ4v) is 1.50. The molecule has 1 atom stereocenters. The number of hydrogen-bond donors (Lipinski definition) is 2. The molecule has 0 spiro atoms. The highest BCUT2D eigenvalue weighted by Gasteiger charge is 2.07. The summed E-state index contributed by atoms with van der Waals surface area (Å²) in [5, 5.41) is 2.59. The number of amides is 1. The Morgan fingerprint density at radius 2 is 2.35 bits per heavy atom. The van der Waals surface area contributed by atoms with Crippen LogP contribution in [0.3, 0.4) is 0 Å². The fraction of sp³-hybridized carbons (Fsp3) is 0.455. The lowest BCUT2D eigenvalue weighted by molar-refractivity contribution is 0.0951. The average Bonchev–Trinajstić information content (AvgIpc) is 2.30. The van der Waals surface area contributed by atoms with Crippen LogP contribution < -0.4 is 10.9 Å². The highest BCUT2D eigenvalue weighted by molar-refractivity contribution is 6.20. The first-order valence-corrected chi connectivity index (χ1v) is 5.67. The third-order valence-electron chi connectivity index (χ3n) is 2.14. The SMILES string of the molecule is COCC(Cl)CCNC(=O)c1ccc(=O)[nH]c1. The molecule has 94 valence electrons. The Hall–Kier alpha value is -1.33. The smallest absolute Gasteiger partial charge is 0.252 e. The van der Waals surface area contributed by atoms with E-state index < -0.39 is 0 Å². The molecule has 0 aliphatic rings. The van der Waals surface area contributed by atoms with Gasteiger partial charge in [0, 0.05) is 25.9 Å². The van der Waals surface area contributed by atoms with Crippen molar-refractivity contribution in [2.45, 2.75) is 11.8 Å². The van der Waals surface area contributed by atoms with Crippen molar-refractivity contribution < 1.29 is 9.53 Å². The summed E-state index contributed by atoms with van der Waals surface area (Å²) in [5.41, 5.74) is 0.185. The van der Waals surface area contributed by atoms with E-state index in [2.05, 4.69) is 10.3 Å². The van der Waals surface area contributed by atoms with Gasteiger partial charge in [-0.2, -0.15) is 0 Å². The quantitative estimate of drug-likeness (QED) is 0.740. The Morgan fingerprint density at radius 1 is 1.59 bits per heavy atom. The van der Waals surface area contributed by atoms with Gasteiger partial charge >= 0.3 is 0 Å². The molecule has 6 heteroatoms. The maximum Gasteiger partial charge on any atom is 0.252 e. The molecule has 1 amide bonds. The third-order valence-corrected chi connectivity index (χ3v) is 2.48. The standard InChI is InChI=1S/C11H15ClN2O3/c1-17-7-9(12)4-5-13-11(16)8-2-3-10(15)14-6-8/h2-3,6,9H,4-5,7H2,1H3,(H,13,16)(H,14,15). The number of nitrogens with one attached hydrogen (secondary N) is 2. The molecule has 0 aliphatic carbocycles. The van der Waals surface area contributed by atoms with Crippen molar-refractivity contribution in [2.75, 3.05) is 20.3 Å². The predicted molar refractivity (Wildman–Crippen MR) is 65.5 cm³/mol. The van der Waals surface area contributed by atoms with Crippen molar-refractivity contribution in [2.24, 2.45) is 0 Å². The lowest BCUT2D eigenvalue weighted by Crippen LogP contribution is -2.27. The molecule has 0 bridgehead atoms. The normalized spacial score (nSPS) is 12.1. The van der Waals surface area contributed by atoms with Crippen molar-refractivity contribution in [3.63, 3.8) is 0 Å². The lowest BCUT2D eigenvalue weighted by Gasteiger charge is -2.09. The monoisotopic (exact) mass is 258 g/mol. The molecule has 2 N–H and O–H groups in total. The molecule has 0 aromatic carbocycles. The van der Waals surface area contributed by atoms with Crippen LogP contribution in [0.25, 0.3) is 0 Å². The Labute approximate surface area is 104 Å². The number of hydrogen-bond acceptors (Lipinski definition) is 3. The molecule has 0 saturated heterocycles. The van der Waals surface area contributed by atoms with Crippen molar-refractivity contribution in [3.8, 4) is 0 Å². The van der Waals surface area contributed by atoms with Crippen molar-refractivity contribution in [1.29, 1.82) is 0 Å². The summed E-state index contributed by atoms with van der Waals surface area (Å²) < 4.78 is 4.87. The van der Waals surface area contributed by atoms with Crippen LogP contribution in [0.2, 0.25) is 0 Å². The molecular formula is C11H15ClN2O3. The van der Waals surface area contributed by atoms with Crippen LogP contribution in [-0.2, 0) is 4.74 Å². The molecule has 1 unspecified atom stereocenters. The Kier molecular flexibility index (Phi) is 5.72. The largest absolute Gasteiger partial charge is 0.383 e. The highest BCUT2D eigenvalue weighted by atomic mass is 35.5. The summed E-state index contributed by atoms with van der Waals surface area (Å²) in [4.78, 5) is 24.8. The molecule has 5 nitrogen and oxygen atoms in total. The summed E-state index contributed by atoms with van der Waals surface area (Å²) in [7, 11) is 1.58. The van der Waals surface area contributed by atoms with Gasteiger partial charge in [-0.15, -0.1) is 11.6 Å². The zero-order valence-corrected chi connectivity index (χ0v) is 10.3.